The second-order valence-electron chi connectivity index (χ2n) is 4.72. The zero-order valence-corrected chi connectivity index (χ0v) is 14.9. The van der Waals surface area contributed by atoms with E-state index >= 15 is 0 Å². The van der Waals surface area contributed by atoms with E-state index in [0.29, 0.717) is 5.69 Å². The first kappa shape index (κ1) is 15.9. The van der Waals surface area contributed by atoms with Crippen LogP contribution in [0.2, 0.25) is 0 Å². The summed E-state index contributed by atoms with van der Waals surface area (Å²) >= 11 is 0. The molecule has 0 saturated heterocycles. The zero-order chi connectivity index (χ0) is 14.1. The SMILES string of the molecule is [CH-]=Nc1[c-]c(-c2ccc3ccccc3c2C)[n+](C)nc1.[Y]. The van der Waals surface area contributed by atoms with Crippen molar-refractivity contribution in [2.75, 3.05) is 0 Å². The van der Waals surface area contributed by atoms with Crippen LogP contribution in [0.1, 0.15) is 5.56 Å². The van der Waals surface area contributed by atoms with Crippen LogP contribution in [-0.2, 0) is 39.8 Å². The summed E-state index contributed by atoms with van der Waals surface area (Å²) in [5.74, 6) is 0. The van der Waals surface area contributed by atoms with Crippen LogP contribution in [0.4, 0.5) is 5.69 Å². The molecule has 0 atom stereocenters. The van der Waals surface area contributed by atoms with Gasteiger partial charge < -0.3 is 4.99 Å². The van der Waals surface area contributed by atoms with Crippen molar-refractivity contribution in [3.63, 3.8) is 0 Å². The topological polar surface area (TPSA) is 29.1 Å². The van der Waals surface area contributed by atoms with Crippen molar-refractivity contribution in [2.45, 2.75) is 6.92 Å². The van der Waals surface area contributed by atoms with Crippen LogP contribution in [0.25, 0.3) is 22.0 Å². The van der Waals surface area contributed by atoms with Crippen LogP contribution in [0.3, 0.4) is 0 Å². The Hall–Kier alpha value is -1.45. The maximum absolute atomic E-state index is 5.32. The number of hydrogen-bond donors (Lipinski definition) is 0. The Labute approximate surface area is 149 Å². The molecule has 101 valence electrons. The molecule has 1 heterocycles. The molecule has 0 fully saturated rings. The summed E-state index contributed by atoms with van der Waals surface area (Å²) in [6.45, 7) is 7.43. The molecular formula is C17H14N3Y-. The maximum atomic E-state index is 5.32. The Morgan fingerprint density at radius 2 is 1.95 bits per heavy atom. The molecule has 0 aliphatic rings. The normalized spacial score (nSPS) is 10.2. The summed E-state index contributed by atoms with van der Waals surface area (Å²) in [6.07, 6.45) is 1.60. The molecule has 2 aromatic carbocycles. The third-order valence-electron chi connectivity index (χ3n) is 3.52. The van der Waals surface area contributed by atoms with Gasteiger partial charge in [-0.3, -0.25) is 0 Å². The van der Waals surface area contributed by atoms with E-state index < -0.39 is 0 Å². The summed E-state index contributed by atoms with van der Waals surface area (Å²) in [4.78, 5) is 3.66. The van der Waals surface area contributed by atoms with Gasteiger partial charge in [0, 0.05) is 32.7 Å². The fraction of sp³-hybridized carbons (Fsp3) is 0.118. The number of benzene rings is 2. The average Bonchev–Trinajstić information content (AvgIpc) is 2.49. The van der Waals surface area contributed by atoms with Crippen molar-refractivity contribution in [3.05, 3.63) is 54.2 Å². The van der Waals surface area contributed by atoms with Gasteiger partial charge in [0.1, 0.15) is 5.69 Å². The van der Waals surface area contributed by atoms with E-state index in [2.05, 4.69) is 47.3 Å². The van der Waals surface area contributed by atoms with Gasteiger partial charge in [0.2, 0.25) is 0 Å². The molecule has 3 rings (SSSR count). The smallest absolute Gasteiger partial charge is 0.161 e. The fourth-order valence-electron chi connectivity index (χ4n) is 2.42. The second kappa shape index (κ2) is 6.55. The van der Waals surface area contributed by atoms with Crippen molar-refractivity contribution in [1.29, 1.82) is 0 Å². The first-order valence-corrected chi connectivity index (χ1v) is 6.39. The molecule has 1 radical (unpaired) electrons. The predicted octanol–water partition coefficient (Wildman–Crippen LogP) is 3.04. The van der Waals surface area contributed by atoms with Gasteiger partial charge in [-0.1, -0.05) is 47.2 Å². The third-order valence-corrected chi connectivity index (χ3v) is 3.52. The Balaban J connectivity index is 0.00000161. The summed E-state index contributed by atoms with van der Waals surface area (Å²) < 4.78 is 1.78. The standard InChI is InChI=1S/C17H14N3.Y/c1-12-15-7-5-4-6-13(15)8-9-16(12)17-10-14(18-2)11-19-20(17)3;/h2,4-9,11H,1,3H3;/q-1;. The monoisotopic (exact) mass is 349 g/mol. The van der Waals surface area contributed by atoms with Crippen molar-refractivity contribution in [3.8, 4) is 11.3 Å². The molecule has 21 heavy (non-hydrogen) atoms. The number of nitrogens with zero attached hydrogens (tertiary/aromatic N) is 3. The van der Waals surface area contributed by atoms with Gasteiger partial charge in [-0.15, -0.1) is 10.7 Å². The molecule has 0 unspecified atom stereocenters. The van der Waals surface area contributed by atoms with Gasteiger partial charge in [0.15, 0.2) is 7.05 Å². The first-order chi connectivity index (χ1) is 9.70. The maximum Gasteiger partial charge on any atom is 0.161 e. The van der Waals surface area contributed by atoms with Crippen LogP contribution in [-0.4, -0.2) is 11.8 Å². The molecule has 3 nitrogen and oxygen atoms in total. The molecule has 0 bridgehead atoms. The Bertz CT molecular complexity index is 812. The minimum absolute atomic E-state index is 0. The summed E-state index contributed by atoms with van der Waals surface area (Å²) in [5, 5.41) is 6.72. The minimum Gasteiger partial charge on any atom is -0.483 e. The summed E-state index contributed by atoms with van der Waals surface area (Å²) in [7, 11) is 1.89. The van der Waals surface area contributed by atoms with Gasteiger partial charge in [-0.25, -0.2) is 0 Å². The van der Waals surface area contributed by atoms with Crippen LogP contribution in [0.5, 0.6) is 0 Å². The van der Waals surface area contributed by atoms with E-state index in [0.717, 1.165) is 11.3 Å². The number of aromatic nitrogens is 2. The predicted molar refractivity (Wildman–Crippen MR) is 80.1 cm³/mol. The van der Waals surface area contributed by atoms with Crippen LogP contribution in [0, 0.1) is 13.0 Å². The number of rotatable bonds is 2. The molecule has 0 aliphatic carbocycles. The Morgan fingerprint density at radius 3 is 2.71 bits per heavy atom. The van der Waals surface area contributed by atoms with Gasteiger partial charge in [-0.2, -0.15) is 18.5 Å². The first-order valence-electron chi connectivity index (χ1n) is 6.39. The number of aliphatic imine (C=N–C) groups is 1. The molecule has 3 aromatic rings. The van der Waals surface area contributed by atoms with Gasteiger partial charge in [-0.05, 0) is 23.3 Å². The van der Waals surface area contributed by atoms with Gasteiger partial charge in [0.25, 0.3) is 0 Å². The molecule has 4 heteroatoms. The van der Waals surface area contributed by atoms with E-state index in [4.69, 9.17) is 6.72 Å². The molecule has 0 amide bonds. The van der Waals surface area contributed by atoms with Crippen molar-refractivity contribution in [1.82, 2.24) is 5.10 Å². The van der Waals surface area contributed by atoms with E-state index in [1.54, 1.807) is 10.9 Å². The minimum atomic E-state index is 0. The van der Waals surface area contributed by atoms with Crippen molar-refractivity contribution >= 4 is 23.2 Å². The van der Waals surface area contributed by atoms with Crippen LogP contribution >= 0.6 is 0 Å². The Morgan fingerprint density at radius 1 is 1.19 bits per heavy atom. The molecule has 0 aliphatic heterocycles. The van der Waals surface area contributed by atoms with Gasteiger partial charge >= 0.3 is 0 Å². The Kier molecular flexibility index (Phi) is 4.97. The van der Waals surface area contributed by atoms with Crippen molar-refractivity contribution < 1.29 is 37.4 Å². The molecular weight excluding hydrogens is 335 g/mol. The van der Waals surface area contributed by atoms with Crippen LogP contribution in [0.15, 0.2) is 47.6 Å². The summed E-state index contributed by atoms with van der Waals surface area (Å²) in [6, 6.07) is 15.7. The average molecular weight is 349 g/mol. The van der Waals surface area contributed by atoms with Crippen LogP contribution < -0.4 is 4.68 Å². The van der Waals surface area contributed by atoms with Crippen molar-refractivity contribution in [2.24, 2.45) is 12.0 Å². The number of fused-ring (bicyclic) bond motifs is 1. The zero-order valence-electron chi connectivity index (χ0n) is 12.0. The largest absolute Gasteiger partial charge is 0.483 e. The quantitative estimate of drug-likeness (QED) is 0.397. The van der Waals surface area contributed by atoms with E-state index in [1.807, 2.05) is 19.2 Å². The molecule has 1 aromatic heterocycles. The van der Waals surface area contributed by atoms with E-state index in [1.165, 1.54) is 16.3 Å². The fourth-order valence-corrected chi connectivity index (χ4v) is 2.42. The molecule has 0 saturated carbocycles. The number of hydrogen-bond acceptors (Lipinski definition) is 2. The van der Waals surface area contributed by atoms with E-state index in [-0.39, 0.29) is 32.7 Å². The van der Waals surface area contributed by atoms with Gasteiger partial charge in [0.05, 0.1) is 0 Å². The molecule has 0 spiro atoms. The number of aryl methyl sites for hydroxylation is 2. The summed E-state index contributed by atoms with van der Waals surface area (Å²) in [5.41, 5.74) is 3.71. The third kappa shape index (κ3) is 2.94. The van der Waals surface area contributed by atoms with E-state index in [9.17, 15) is 0 Å². The molecule has 0 N–H and O–H groups in total. The second-order valence-corrected chi connectivity index (χ2v) is 4.72.